The average Bonchev–Trinajstić information content (AvgIpc) is 2.35. The van der Waals surface area contributed by atoms with Gasteiger partial charge in [-0.3, -0.25) is 4.57 Å². The van der Waals surface area contributed by atoms with Crippen LogP contribution in [0.4, 0.5) is 0 Å². The highest BCUT2D eigenvalue weighted by Gasteiger charge is 2.03. The molecule has 0 bridgehead atoms. The standard InChI is InChI=1S/C16H29O4P/c1-13(2)7-5-8-14(3)9-6-10-15(4)11-16(17)12-20-21(18)19/h7,9,11,16-17,21H,5-6,8,10,12H2,1-4H3,(H,18,19). The molecule has 4 nitrogen and oxygen atoms in total. The van der Waals surface area contributed by atoms with Gasteiger partial charge < -0.3 is 14.5 Å². The molecule has 0 heterocycles. The Morgan fingerprint density at radius 3 is 2.24 bits per heavy atom. The van der Waals surface area contributed by atoms with Crippen LogP contribution in [0.2, 0.25) is 0 Å². The van der Waals surface area contributed by atoms with Crippen molar-refractivity contribution >= 4 is 8.25 Å². The van der Waals surface area contributed by atoms with Crippen LogP contribution in [0.3, 0.4) is 0 Å². The largest absolute Gasteiger partial charge is 0.387 e. The van der Waals surface area contributed by atoms with Gasteiger partial charge in [-0.15, -0.1) is 0 Å². The second-order valence-corrected chi connectivity index (χ2v) is 6.39. The summed E-state index contributed by atoms with van der Waals surface area (Å²) in [6.45, 7) is 8.16. The summed E-state index contributed by atoms with van der Waals surface area (Å²) in [5.41, 5.74) is 3.78. The first-order valence-electron chi connectivity index (χ1n) is 7.31. The molecule has 0 saturated carbocycles. The van der Waals surface area contributed by atoms with Crippen molar-refractivity contribution in [2.45, 2.75) is 59.5 Å². The minimum Gasteiger partial charge on any atom is -0.387 e. The van der Waals surface area contributed by atoms with Gasteiger partial charge >= 0.3 is 8.25 Å². The Hall–Kier alpha value is -0.670. The first-order valence-corrected chi connectivity index (χ1v) is 8.57. The molecular weight excluding hydrogens is 287 g/mol. The Balaban J connectivity index is 4.02. The molecule has 21 heavy (non-hydrogen) atoms. The van der Waals surface area contributed by atoms with E-state index in [1.165, 1.54) is 11.1 Å². The van der Waals surface area contributed by atoms with Crippen LogP contribution in [0.5, 0.6) is 0 Å². The fraction of sp³-hybridized carbons (Fsp3) is 0.625. The Kier molecular flexibility index (Phi) is 11.6. The van der Waals surface area contributed by atoms with E-state index >= 15 is 0 Å². The zero-order chi connectivity index (χ0) is 16.3. The number of aliphatic hydroxyl groups excluding tert-OH is 1. The van der Waals surface area contributed by atoms with Crippen LogP contribution in [0.25, 0.3) is 0 Å². The van der Waals surface area contributed by atoms with Gasteiger partial charge in [0, 0.05) is 0 Å². The Morgan fingerprint density at radius 2 is 1.67 bits per heavy atom. The fourth-order valence-electron chi connectivity index (χ4n) is 1.85. The summed E-state index contributed by atoms with van der Waals surface area (Å²) in [5.74, 6) is 0. The van der Waals surface area contributed by atoms with Crippen LogP contribution < -0.4 is 0 Å². The molecule has 0 aliphatic rings. The molecule has 0 aromatic heterocycles. The van der Waals surface area contributed by atoms with Gasteiger partial charge in [0.1, 0.15) is 0 Å². The highest BCUT2D eigenvalue weighted by molar-refractivity contribution is 7.32. The molecule has 2 unspecified atom stereocenters. The molecule has 0 aromatic carbocycles. The lowest BCUT2D eigenvalue weighted by Gasteiger charge is -2.07. The lowest BCUT2D eigenvalue weighted by molar-refractivity contribution is 0.139. The summed E-state index contributed by atoms with van der Waals surface area (Å²) < 4.78 is 14.9. The molecule has 0 aromatic rings. The van der Waals surface area contributed by atoms with Crippen molar-refractivity contribution in [3.63, 3.8) is 0 Å². The maximum atomic E-state index is 10.4. The van der Waals surface area contributed by atoms with Crippen LogP contribution in [-0.4, -0.2) is 22.7 Å². The highest BCUT2D eigenvalue weighted by atomic mass is 31.1. The van der Waals surface area contributed by atoms with Crippen molar-refractivity contribution in [2.75, 3.05) is 6.61 Å². The number of aliphatic hydroxyl groups is 1. The maximum absolute atomic E-state index is 10.4. The van der Waals surface area contributed by atoms with Crippen LogP contribution in [0.15, 0.2) is 34.9 Å². The van der Waals surface area contributed by atoms with Crippen LogP contribution in [0.1, 0.15) is 53.4 Å². The predicted molar refractivity (Wildman–Crippen MR) is 88.6 cm³/mol. The molecule has 0 rings (SSSR count). The first kappa shape index (κ1) is 20.3. The van der Waals surface area contributed by atoms with Gasteiger partial charge in [0.15, 0.2) is 0 Å². The average molecular weight is 316 g/mol. The van der Waals surface area contributed by atoms with Crippen molar-refractivity contribution in [3.05, 3.63) is 34.9 Å². The summed E-state index contributed by atoms with van der Waals surface area (Å²) in [6.07, 6.45) is 9.28. The van der Waals surface area contributed by atoms with Crippen LogP contribution >= 0.6 is 8.25 Å². The molecule has 2 atom stereocenters. The van der Waals surface area contributed by atoms with Crippen molar-refractivity contribution in [3.8, 4) is 0 Å². The van der Waals surface area contributed by atoms with Crippen molar-refractivity contribution in [1.82, 2.24) is 0 Å². The van der Waals surface area contributed by atoms with E-state index in [2.05, 4.69) is 37.4 Å². The molecular formula is C16H29O4P. The zero-order valence-electron chi connectivity index (χ0n) is 13.6. The molecule has 0 saturated heterocycles. The molecule has 0 spiro atoms. The summed E-state index contributed by atoms with van der Waals surface area (Å²) in [5, 5.41) is 9.59. The minimum atomic E-state index is -2.96. The van der Waals surface area contributed by atoms with Gasteiger partial charge in [0.2, 0.25) is 0 Å². The van der Waals surface area contributed by atoms with Crippen molar-refractivity contribution < 1.29 is 19.1 Å². The quantitative estimate of drug-likeness (QED) is 0.469. The van der Waals surface area contributed by atoms with Gasteiger partial charge in [-0.2, -0.15) is 0 Å². The molecule has 0 aliphatic carbocycles. The number of hydrogen-bond donors (Lipinski definition) is 2. The summed E-state index contributed by atoms with van der Waals surface area (Å²) >= 11 is 0. The maximum Gasteiger partial charge on any atom is 0.316 e. The third-order valence-corrected chi connectivity index (χ3v) is 3.39. The van der Waals surface area contributed by atoms with Gasteiger partial charge in [0.05, 0.1) is 12.7 Å². The molecule has 0 fully saturated rings. The van der Waals surface area contributed by atoms with E-state index in [9.17, 15) is 9.67 Å². The van der Waals surface area contributed by atoms with Gasteiger partial charge in [-0.05, 0) is 53.4 Å². The Morgan fingerprint density at radius 1 is 1.10 bits per heavy atom. The fourth-order valence-corrected chi connectivity index (χ4v) is 2.17. The first-order chi connectivity index (χ1) is 9.81. The summed E-state index contributed by atoms with van der Waals surface area (Å²) in [7, 11) is -2.96. The second-order valence-electron chi connectivity index (χ2n) is 5.57. The molecule has 5 heteroatoms. The minimum absolute atomic E-state index is 0.136. The molecule has 0 aliphatic heterocycles. The Bertz CT molecular complexity index is 407. The molecule has 0 radical (unpaired) electrons. The van der Waals surface area contributed by atoms with E-state index in [1.807, 2.05) is 6.92 Å². The predicted octanol–water partition coefficient (Wildman–Crippen LogP) is 4.17. The van der Waals surface area contributed by atoms with E-state index in [0.29, 0.717) is 0 Å². The normalized spacial score (nSPS) is 15.7. The van der Waals surface area contributed by atoms with Crippen molar-refractivity contribution in [2.24, 2.45) is 0 Å². The summed E-state index contributed by atoms with van der Waals surface area (Å²) in [6, 6.07) is 0. The lowest BCUT2D eigenvalue weighted by atomic mass is 10.1. The van der Waals surface area contributed by atoms with Gasteiger partial charge in [-0.25, -0.2) is 0 Å². The van der Waals surface area contributed by atoms with E-state index in [4.69, 9.17) is 4.89 Å². The third-order valence-electron chi connectivity index (χ3n) is 2.98. The van der Waals surface area contributed by atoms with Crippen LogP contribution in [0, 0.1) is 0 Å². The van der Waals surface area contributed by atoms with E-state index in [-0.39, 0.29) is 6.61 Å². The molecule has 122 valence electrons. The topological polar surface area (TPSA) is 66.8 Å². The number of rotatable bonds is 10. The monoisotopic (exact) mass is 316 g/mol. The summed E-state index contributed by atoms with van der Waals surface area (Å²) in [4.78, 5) is 8.52. The number of allylic oxidation sites excluding steroid dienone is 5. The number of hydrogen-bond acceptors (Lipinski definition) is 3. The smallest absolute Gasteiger partial charge is 0.316 e. The van der Waals surface area contributed by atoms with E-state index in [1.54, 1.807) is 6.08 Å². The van der Waals surface area contributed by atoms with Gasteiger partial charge in [0.25, 0.3) is 0 Å². The van der Waals surface area contributed by atoms with Crippen molar-refractivity contribution in [1.29, 1.82) is 0 Å². The zero-order valence-corrected chi connectivity index (χ0v) is 14.6. The Labute approximate surface area is 129 Å². The van der Waals surface area contributed by atoms with Gasteiger partial charge in [-0.1, -0.05) is 34.9 Å². The lowest BCUT2D eigenvalue weighted by Crippen LogP contribution is -2.10. The van der Waals surface area contributed by atoms with E-state index in [0.717, 1.165) is 31.3 Å². The second kappa shape index (κ2) is 11.9. The van der Waals surface area contributed by atoms with E-state index < -0.39 is 14.4 Å². The molecule has 2 N–H and O–H groups in total. The SMILES string of the molecule is CC(C)=CCCC(C)=CCCC(C)=CC(O)CO[PH](=O)O. The third kappa shape index (κ3) is 14.0. The van der Waals surface area contributed by atoms with Crippen LogP contribution in [-0.2, 0) is 9.09 Å². The molecule has 0 amide bonds. The highest BCUT2D eigenvalue weighted by Crippen LogP contribution is 2.16.